The summed E-state index contributed by atoms with van der Waals surface area (Å²) in [5.74, 6) is 2.18. The summed E-state index contributed by atoms with van der Waals surface area (Å²) < 4.78 is 11.1. The molecule has 0 radical (unpaired) electrons. The Bertz CT molecular complexity index is 1130. The van der Waals surface area contributed by atoms with E-state index in [0.29, 0.717) is 49.7 Å². The van der Waals surface area contributed by atoms with Crippen LogP contribution in [-0.2, 0) is 16.0 Å². The number of carbonyl (C=O) groups excluding carboxylic acids is 2. The fourth-order valence-corrected chi connectivity index (χ4v) is 4.25. The molecule has 0 atom stereocenters. The average Bonchev–Trinajstić information content (AvgIpc) is 3.15. The van der Waals surface area contributed by atoms with E-state index in [-0.39, 0.29) is 18.4 Å². The summed E-state index contributed by atoms with van der Waals surface area (Å²) in [5.41, 5.74) is 1.75. The number of aryl methyl sites for hydroxylation is 1. The minimum Gasteiger partial charge on any atom is -0.497 e. The first-order valence-electron chi connectivity index (χ1n) is 12.4. The lowest BCUT2D eigenvalue weighted by Crippen LogP contribution is -2.38. The smallest absolute Gasteiger partial charge is 0.238 e. The first-order valence-corrected chi connectivity index (χ1v) is 12.4. The number of hydrogen-bond acceptors (Lipinski definition) is 5. The number of ether oxygens (including phenoxy) is 2. The first-order chi connectivity index (χ1) is 17.6. The van der Waals surface area contributed by atoms with Crippen molar-refractivity contribution >= 4 is 17.5 Å². The van der Waals surface area contributed by atoms with E-state index in [1.165, 1.54) is 0 Å². The van der Waals surface area contributed by atoms with Gasteiger partial charge in [-0.15, -0.1) is 0 Å². The van der Waals surface area contributed by atoms with Crippen molar-refractivity contribution in [1.82, 2.24) is 9.80 Å². The van der Waals surface area contributed by atoms with Crippen molar-refractivity contribution in [1.29, 1.82) is 0 Å². The molecule has 3 aromatic carbocycles. The Hall–Kier alpha value is -3.84. The van der Waals surface area contributed by atoms with Gasteiger partial charge >= 0.3 is 0 Å². The van der Waals surface area contributed by atoms with Crippen molar-refractivity contribution in [3.63, 3.8) is 0 Å². The van der Waals surface area contributed by atoms with Crippen molar-refractivity contribution in [2.45, 2.75) is 19.3 Å². The zero-order valence-electron chi connectivity index (χ0n) is 20.7. The van der Waals surface area contributed by atoms with Gasteiger partial charge in [-0.1, -0.05) is 42.5 Å². The molecule has 0 aliphatic carbocycles. The van der Waals surface area contributed by atoms with E-state index in [1.807, 2.05) is 83.8 Å². The van der Waals surface area contributed by atoms with Crippen LogP contribution < -0.4 is 14.8 Å². The van der Waals surface area contributed by atoms with Crippen LogP contribution in [0.25, 0.3) is 0 Å². The largest absolute Gasteiger partial charge is 0.497 e. The highest BCUT2D eigenvalue weighted by Gasteiger charge is 2.21. The Labute approximate surface area is 212 Å². The lowest BCUT2D eigenvalue weighted by molar-refractivity contribution is -0.131. The van der Waals surface area contributed by atoms with Crippen molar-refractivity contribution < 1.29 is 19.1 Å². The molecule has 0 spiro atoms. The van der Waals surface area contributed by atoms with Gasteiger partial charge in [0.25, 0.3) is 0 Å². The molecule has 1 N–H and O–H groups in total. The molecule has 36 heavy (non-hydrogen) atoms. The lowest BCUT2D eigenvalue weighted by atomic mass is 10.1. The predicted molar refractivity (Wildman–Crippen MR) is 141 cm³/mol. The van der Waals surface area contributed by atoms with Crippen LogP contribution in [0.3, 0.4) is 0 Å². The van der Waals surface area contributed by atoms with Crippen molar-refractivity contribution in [3.05, 3.63) is 84.4 Å². The van der Waals surface area contributed by atoms with E-state index in [2.05, 4.69) is 10.2 Å². The highest BCUT2D eigenvalue weighted by Crippen LogP contribution is 2.29. The number of methoxy groups -OCH3 is 1. The summed E-state index contributed by atoms with van der Waals surface area (Å²) in [6, 6.07) is 24.7. The van der Waals surface area contributed by atoms with Gasteiger partial charge < -0.3 is 19.7 Å². The molecule has 1 aliphatic rings. The Balaban J connectivity index is 1.25. The predicted octanol–water partition coefficient (Wildman–Crippen LogP) is 4.59. The third kappa shape index (κ3) is 7.33. The summed E-state index contributed by atoms with van der Waals surface area (Å²) >= 11 is 0. The molecule has 1 heterocycles. The normalized spacial score (nSPS) is 14.1. The molecule has 3 aromatic rings. The van der Waals surface area contributed by atoms with E-state index < -0.39 is 0 Å². The quantitative estimate of drug-likeness (QED) is 0.478. The van der Waals surface area contributed by atoms with Crippen LogP contribution in [-0.4, -0.2) is 61.4 Å². The molecule has 0 unspecified atom stereocenters. The summed E-state index contributed by atoms with van der Waals surface area (Å²) in [7, 11) is 1.64. The molecule has 0 aromatic heterocycles. The Kier molecular flexibility index (Phi) is 8.94. The molecule has 1 saturated heterocycles. The summed E-state index contributed by atoms with van der Waals surface area (Å²) in [6.45, 7) is 3.06. The highest BCUT2D eigenvalue weighted by atomic mass is 16.5. The maximum absolute atomic E-state index is 12.8. The summed E-state index contributed by atoms with van der Waals surface area (Å²) in [6.07, 6.45) is 2.02. The molecule has 188 valence electrons. The average molecular weight is 488 g/mol. The van der Waals surface area contributed by atoms with E-state index >= 15 is 0 Å². The van der Waals surface area contributed by atoms with Crippen LogP contribution >= 0.6 is 0 Å². The van der Waals surface area contributed by atoms with Gasteiger partial charge in [0.2, 0.25) is 11.8 Å². The van der Waals surface area contributed by atoms with E-state index in [0.717, 1.165) is 24.3 Å². The number of carbonyl (C=O) groups is 2. The van der Waals surface area contributed by atoms with Gasteiger partial charge in [-0.2, -0.15) is 0 Å². The van der Waals surface area contributed by atoms with Crippen molar-refractivity contribution in [2.75, 3.05) is 45.2 Å². The standard InChI is InChI=1S/C29H33N3O4/c1-35-24-15-12-23(13-16-24)14-17-29(34)32-19-7-18-31(20-21-32)22-28(33)30-26-10-5-6-11-27(26)36-25-8-3-2-4-9-25/h2-6,8-13,15-16H,7,14,17-22H2,1H3,(H,30,33). The summed E-state index contributed by atoms with van der Waals surface area (Å²) in [4.78, 5) is 29.6. The van der Waals surface area contributed by atoms with Crippen molar-refractivity contribution in [3.8, 4) is 17.2 Å². The minimum absolute atomic E-state index is 0.0987. The van der Waals surface area contributed by atoms with Gasteiger partial charge in [0, 0.05) is 32.6 Å². The number of para-hydroxylation sites is 3. The lowest BCUT2D eigenvalue weighted by Gasteiger charge is -2.22. The Morgan fingerprint density at radius 3 is 2.36 bits per heavy atom. The zero-order valence-corrected chi connectivity index (χ0v) is 20.7. The number of hydrogen-bond donors (Lipinski definition) is 1. The van der Waals surface area contributed by atoms with Gasteiger partial charge in [-0.25, -0.2) is 0 Å². The second kappa shape index (κ2) is 12.7. The number of anilines is 1. The van der Waals surface area contributed by atoms with Crippen LogP contribution in [0.2, 0.25) is 0 Å². The molecule has 2 amide bonds. The Morgan fingerprint density at radius 2 is 1.58 bits per heavy atom. The summed E-state index contributed by atoms with van der Waals surface area (Å²) in [5, 5.41) is 2.98. The zero-order chi connectivity index (χ0) is 25.2. The monoisotopic (exact) mass is 487 g/mol. The topological polar surface area (TPSA) is 71.1 Å². The molecule has 7 heteroatoms. The van der Waals surface area contributed by atoms with Crippen LogP contribution in [0.4, 0.5) is 5.69 Å². The molecule has 4 rings (SSSR count). The highest BCUT2D eigenvalue weighted by molar-refractivity contribution is 5.93. The minimum atomic E-state index is -0.0987. The van der Waals surface area contributed by atoms with Crippen molar-refractivity contribution in [2.24, 2.45) is 0 Å². The number of amides is 2. The third-order valence-electron chi connectivity index (χ3n) is 6.23. The number of nitrogens with zero attached hydrogens (tertiary/aromatic N) is 2. The van der Waals surface area contributed by atoms with Gasteiger partial charge in [-0.05, 0) is 54.8 Å². The molecule has 1 aliphatic heterocycles. The molecule has 0 saturated carbocycles. The van der Waals surface area contributed by atoms with Gasteiger partial charge in [0.05, 0.1) is 19.3 Å². The van der Waals surface area contributed by atoms with Crippen LogP contribution in [0, 0.1) is 0 Å². The number of rotatable bonds is 9. The fourth-order valence-electron chi connectivity index (χ4n) is 4.25. The van der Waals surface area contributed by atoms with Crippen LogP contribution in [0.5, 0.6) is 17.2 Å². The van der Waals surface area contributed by atoms with Gasteiger partial charge in [-0.3, -0.25) is 14.5 Å². The Morgan fingerprint density at radius 1 is 0.833 bits per heavy atom. The molecular weight excluding hydrogens is 454 g/mol. The first kappa shape index (κ1) is 25.3. The molecule has 0 bridgehead atoms. The molecule has 7 nitrogen and oxygen atoms in total. The third-order valence-corrected chi connectivity index (χ3v) is 6.23. The van der Waals surface area contributed by atoms with Gasteiger partial charge in [0.15, 0.2) is 5.75 Å². The molecule has 1 fully saturated rings. The van der Waals surface area contributed by atoms with E-state index in [9.17, 15) is 9.59 Å². The van der Waals surface area contributed by atoms with Gasteiger partial charge in [0.1, 0.15) is 11.5 Å². The van der Waals surface area contributed by atoms with Crippen LogP contribution in [0.1, 0.15) is 18.4 Å². The van der Waals surface area contributed by atoms with E-state index in [1.54, 1.807) is 7.11 Å². The second-order valence-corrected chi connectivity index (χ2v) is 8.82. The maximum Gasteiger partial charge on any atom is 0.238 e. The number of benzene rings is 3. The van der Waals surface area contributed by atoms with E-state index in [4.69, 9.17) is 9.47 Å². The maximum atomic E-state index is 12.8. The molecular formula is C29H33N3O4. The fraction of sp³-hybridized carbons (Fsp3) is 0.310. The second-order valence-electron chi connectivity index (χ2n) is 8.82. The SMILES string of the molecule is COc1ccc(CCC(=O)N2CCCN(CC(=O)Nc3ccccc3Oc3ccccc3)CC2)cc1. The number of nitrogens with one attached hydrogen (secondary N) is 1. The van der Waals surface area contributed by atoms with Crippen LogP contribution in [0.15, 0.2) is 78.9 Å².